The molecule has 6 nitrogen and oxygen atoms in total. The molecule has 0 amide bonds. The quantitative estimate of drug-likeness (QED) is 0.343. The molecule has 2 bridgehead atoms. The number of aromatic amines is 1. The number of benzene rings is 1. The lowest BCUT2D eigenvalue weighted by molar-refractivity contribution is 0.464. The molecule has 8 heteroatoms. The van der Waals surface area contributed by atoms with Gasteiger partial charge in [0.2, 0.25) is 0 Å². The summed E-state index contributed by atoms with van der Waals surface area (Å²) in [5.41, 5.74) is 4.16. The maximum Gasteiger partial charge on any atom is 0.141 e. The Morgan fingerprint density at radius 3 is 2.60 bits per heavy atom. The van der Waals surface area contributed by atoms with Gasteiger partial charge in [-0.2, -0.15) is 5.10 Å². The second-order valence-corrected chi connectivity index (χ2v) is 11.5. The molecule has 0 saturated carbocycles. The van der Waals surface area contributed by atoms with Crippen molar-refractivity contribution in [2.45, 2.75) is 45.7 Å². The van der Waals surface area contributed by atoms with Crippen LogP contribution in [0.4, 0.5) is 10.2 Å². The lowest BCUT2D eigenvalue weighted by Gasteiger charge is -2.34. The van der Waals surface area contributed by atoms with Crippen molar-refractivity contribution in [1.29, 1.82) is 0 Å². The lowest BCUT2D eigenvalue weighted by Crippen LogP contribution is -2.51. The summed E-state index contributed by atoms with van der Waals surface area (Å²) in [6.07, 6.45) is 15.6. The van der Waals surface area contributed by atoms with Gasteiger partial charge < -0.3 is 10.2 Å². The third-order valence-electron chi connectivity index (χ3n) is 7.93. The van der Waals surface area contributed by atoms with E-state index in [1.807, 2.05) is 19.1 Å². The SMILES string of the molecule is C#C/C(=C(/C)F)c1c(C=C)cc2[nH]ncc2c1/C(C)=c1\sc2nc(C)nc(N3CC4CCC(C3)N4)c2\c1=C\C=C. The first-order valence-electron chi connectivity index (χ1n) is 13.4. The van der Waals surface area contributed by atoms with Crippen molar-refractivity contribution in [3.63, 3.8) is 0 Å². The maximum absolute atomic E-state index is 14.9. The van der Waals surface area contributed by atoms with E-state index >= 15 is 0 Å². The van der Waals surface area contributed by atoms with Crippen LogP contribution >= 0.6 is 11.3 Å². The molecule has 6 rings (SSSR count). The fourth-order valence-corrected chi connectivity index (χ4v) is 7.46. The smallest absolute Gasteiger partial charge is 0.141 e. The minimum Gasteiger partial charge on any atom is -0.353 e. The topological polar surface area (TPSA) is 69.7 Å². The number of aryl methyl sites for hydroxylation is 1. The standard InChI is InChI=1S/C32H31FN6S/c1-7-10-24-29-31(39-15-21-11-12-22(16-39)37-21)35-19(6)36-32(29)40-30(24)17(4)27-25-14-34-38-26(25)13-20(8-2)28(27)23(9-3)18(5)33/h3,7-8,10,13-14,21-22,37H,1-2,11-12,15-16H2,4-6H3,(H,34,38)/b23-18+,24-10-,30-17-. The Bertz CT molecular complexity index is 1890. The van der Waals surface area contributed by atoms with Crippen LogP contribution in [0, 0.1) is 19.3 Å². The first kappa shape index (κ1) is 26.2. The minimum absolute atomic E-state index is 0.204. The summed E-state index contributed by atoms with van der Waals surface area (Å²) in [6.45, 7) is 15.2. The zero-order valence-electron chi connectivity index (χ0n) is 22.9. The molecule has 202 valence electrons. The predicted octanol–water partition coefficient (Wildman–Crippen LogP) is 4.98. The number of nitrogens with one attached hydrogen (secondary N) is 2. The van der Waals surface area contributed by atoms with Crippen molar-refractivity contribution in [2.24, 2.45) is 0 Å². The van der Waals surface area contributed by atoms with Gasteiger partial charge in [-0.15, -0.1) is 17.8 Å². The Kier molecular flexibility index (Phi) is 6.65. The van der Waals surface area contributed by atoms with Crippen LogP contribution in [0.3, 0.4) is 0 Å². The van der Waals surface area contributed by atoms with E-state index in [9.17, 15) is 4.39 Å². The highest BCUT2D eigenvalue weighted by atomic mass is 32.1. The van der Waals surface area contributed by atoms with Crippen LogP contribution in [0.5, 0.6) is 0 Å². The number of allylic oxidation sites excluding steroid dienone is 3. The van der Waals surface area contributed by atoms with Crippen LogP contribution in [-0.2, 0) is 0 Å². The van der Waals surface area contributed by atoms with Crippen LogP contribution in [-0.4, -0.2) is 45.3 Å². The number of H-pyrrole nitrogens is 1. The number of piperazine rings is 1. The summed E-state index contributed by atoms with van der Waals surface area (Å²) >= 11 is 1.61. The zero-order chi connectivity index (χ0) is 28.1. The normalized spacial score (nSPS) is 20.6. The highest BCUT2D eigenvalue weighted by molar-refractivity contribution is 7.16. The second kappa shape index (κ2) is 10.2. The third-order valence-corrected chi connectivity index (χ3v) is 9.15. The molecule has 2 aliphatic heterocycles. The predicted molar refractivity (Wildman–Crippen MR) is 165 cm³/mol. The molecule has 1 aromatic carbocycles. The van der Waals surface area contributed by atoms with Gasteiger partial charge in [0.05, 0.1) is 22.7 Å². The highest BCUT2D eigenvalue weighted by Gasteiger charge is 2.34. The van der Waals surface area contributed by atoms with Gasteiger partial charge in [0.15, 0.2) is 0 Å². The molecule has 0 radical (unpaired) electrons. The number of aromatic nitrogens is 4. The van der Waals surface area contributed by atoms with Crippen molar-refractivity contribution in [1.82, 2.24) is 25.5 Å². The van der Waals surface area contributed by atoms with E-state index in [4.69, 9.17) is 16.4 Å². The van der Waals surface area contributed by atoms with E-state index in [1.54, 1.807) is 29.7 Å². The number of fused-ring (bicyclic) bond motifs is 4. The van der Waals surface area contributed by atoms with Gasteiger partial charge in [0, 0.05) is 45.9 Å². The third kappa shape index (κ3) is 4.17. The number of terminal acetylenes is 1. The molecular formula is C32H31FN6S. The Hall–Kier alpha value is -4.06. The molecule has 2 fully saturated rings. The molecule has 2 atom stereocenters. The van der Waals surface area contributed by atoms with Gasteiger partial charge in [0.1, 0.15) is 22.3 Å². The number of thiophene rings is 1. The summed E-state index contributed by atoms with van der Waals surface area (Å²) in [5, 5.41) is 14.0. The number of rotatable bonds is 5. The van der Waals surface area contributed by atoms with Gasteiger partial charge in [-0.05, 0) is 56.4 Å². The maximum atomic E-state index is 14.9. The molecule has 2 N–H and O–H groups in total. The zero-order valence-corrected chi connectivity index (χ0v) is 23.8. The number of hydrogen-bond acceptors (Lipinski definition) is 6. The highest BCUT2D eigenvalue weighted by Crippen LogP contribution is 2.37. The molecule has 4 aromatic rings. The first-order chi connectivity index (χ1) is 19.3. The van der Waals surface area contributed by atoms with Gasteiger partial charge in [-0.25, -0.2) is 14.4 Å². The van der Waals surface area contributed by atoms with Crippen LogP contribution in [0.1, 0.15) is 49.2 Å². The van der Waals surface area contributed by atoms with Crippen LogP contribution in [0.15, 0.2) is 37.3 Å². The van der Waals surface area contributed by atoms with E-state index in [1.165, 1.54) is 19.8 Å². The molecule has 40 heavy (non-hydrogen) atoms. The van der Waals surface area contributed by atoms with E-state index in [0.717, 1.165) is 72.3 Å². The average molecular weight is 551 g/mol. The fourth-order valence-electron chi connectivity index (χ4n) is 6.25. The number of anilines is 1. The summed E-state index contributed by atoms with van der Waals surface area (Å²) < 4.78 is 15.9. The molecule has 0 spiro atoms. The van der Waals surface area contributed by atoms with Gasteiger partial charge in [0.25, 0.3) is 0 Å². The largest absolute Gasteiger partial charge is 0.353 e. The average Bonchev–Trinajstić information content (AvgIpc) is 3.64. The number of halogens is 1. The van der Waals surface area contributed by atoms with Crippen molar-refractivity contribution < 1.29 is 4.39 Å². The van der Waals surface area contributed by atoms with Crippen molar-refractivity contribution in [3.05, 3.63) is 69.6 Å². The first-order valence-corrected chi connectivity index (χ1v) is 14.2. The van der Waals surface area contributed by atoms with E-state index in [0.29, 0.717) is 17.6 Å². The van der Waals surface area contributed by atoms with Gasteiger partial charge >= 0.3 is 0 Å². The van der Waals surface area contributed by atoms with Gasteiger partial charge in [-0.3, -0.25) is 5.10 Å². The fraction of sp³-hybridized carbons (Fsp3) is 0.281. The Labute approximate surface area is 236 Å². The van der Waals surface area contributed by atoms with Crippen LogP contribution < -0.4 is 20.0 Å². The van der Waals surface area contributed by atoms with Gasteiger partial charge in [-0.1, -0.05) is 37.3 Å². The molecule has 2 unspecified atom stereocenters. The Morgan fingerprint density at radius 2 is 1.95 bits per heavy atom. The van der Waals surface area contributed by atoms with Crippen molar-refractivity contribution in [2.75, 3.05) is 18.0 Å². The molecule has 3 aromatic heterocycles. The Balaban J connectivity index is 1.74. The monoisotopic (exact) mass is 550 g/mol. The van der Waals surface area contributed by atoms with E-state index in [2.05, 4.69) is 46.4 Å². The summed E-state index contributed by atoms with van der Waals surface area (Å²) in [5.74, 6) is 3.87. The summed E-state index contributed by atoms with van der Waals surface area (Å²) in [7, 11) is 0. The summed E-state index contributed by atoms with van der Waals surface area (Å²) in [6, 6.07) is 2.85. The van der Waals surface area contributed by atoms with Crippen LogP contribution in [0.2, 0.25) is 0 Å². The molecule has 0 aliphatic carbocycles. The molecule has 2 aliphatic rings. The number of nitrogens with zero attached hydrogens (tertiary/aromatic N) is 4. The Morgan fingerprint density at radius 1 is 1.20 bits per heavy atom. The van der Waals surface area contributed by atoms with Crippen molar-refractivity contribution in [3.8, 4) is 12.3 Å². The van der Waals surface area contributed by atoms with Crippen LogP contribution in [0.25, 0.3) is 44.4 Å². The number of hydrogen-bond donors (Lipinski definition) is 2. The molecular weight excluding hydrogens is 519 g/mol. The molecule has 5 heterocycles. The minimum atomic E-state index is -0.422. The molecule has 2 saturated heterocycles. The second-order valence-electron chi connectivity index (χ2n) is 10.5. The lowest BCUT2D eigenvalue weighted by atomic mass is 9.88. The summed E-state index contributed by atoms with van der Waals surface area (Å²) in [4.78, 5) is 13.2. The van der Waals surface area contributed by atoms with E-state index in [-0.39, 0.29) is 5.57 Å². The van der Waals surface area contributed by atoms with Crippen molar-refractivity contribution >= 4 is 61.6 Å². The van der Waals surface area contributed by atoms with E-state index < -0.39 is 5.83 Å².